The lowest BCUT2D eigenvalue weighted by molar-refractivity contribution is -0.140. The second-order valence-electron chi connectivity index (χ2n) is 6.32. The Hall–Kier alpha value is -2.48. The number of nitrogens with one attached hydrogen (secondary N) is 1. The summed E-state index contributed by atoms with van der Waals surface area (Å²) in [6.07, 6.45) is 0. The minimum atomic E-state index is -0.883. The van der Waals surface area contributed by atoms with Gasteiger partial charge in [-0.3, -0.25) is 4.90 Å². The molecule has 2 aromatic rings. The molecule has 0 aliphatic carbocycles. The lowest BCUT2D eigenvalue weighted by atomic mass is 9.94. The van der Waals surface area contributed by atoms with Crippen LogP contribution in [0.4, 0.5) is 10.1 Å². The highest BCUT2D eigenvalue weighted by molar-refractivity contribution is 7.80. The molecule has 1 heterocycles. The van der Waals surface area contributed by atoms with Crippen LogP contribution in [0.3, 0.4) is 0 Å². The number of rotatable bonds is 6. The maximum Gasteiger partial charge on any atom is 0.338 e. The Balaban J connectivity index is 2.12. The number of hydrogen-bond acceptors (Lipinski definition) is 4. The van der Waals surface area contributed by atoms with Crippen LogP contribution in [0.1, 0.15) is 18.5 Å². The smallest absolute Gasteiger partial charge is 0.338 e. The van der Waals surface area contributed by atoms with Gasteiger partial charge in [0, 0.05) is 29.1 Å². The molecule has 0 fully saturated rings. The zero-order chi connectivity index (χ0) is 21.0. The van der Waals surface area contributed by atoms with Crippen molar-refractivity contribution in [2.24, 2.45) is 0 Å². The molecule has 1 atom stereocenters. The number of allylic oxidation sites excluding steroid dienone is 1. The summed E-state index contributed by atoms with van der Waals surface area (Å²) in [6, 6.07) is 12.8. The Labute approximate surface area is 179 Å². The van der Waals surface area contributed by atoms with E-state index in [4.69, 9.17) is 33.3 Å². The summed E-state index contributed by atoms with van der Waals surface area (Å²) in [5.41, 5.74) is 1.67. The molecule has 1 N–H and O–H groups in total. The van der Waals surface area contributed by atoms with Crippen molar-refractivity contribution in [2.75, 3.05) is 25.2 Å². The van der Waals surface area contributed by atoms with Crippen LogP contribution in [0.2, 0.25) is 5.02 Å². The molecule has 0 amide bonds. The van der Waals surface area contributed by atoms with Gasteiger partial charge in [0.1, 0.15) is 12.4 Å². The minimum Gasteiger partial charge on any atom is -0.460 e. The van der Waals surface area contributed by atoms with Crippen molar-refractivity contribution in [2.45, 2.75) is 13.0 Å². The molecular formula is C21H20ClFN2O3S. The van der Waals surface area contributed by atoms with Gasteiger partial charge in [0.05, 0.1) is 18.2 Å². The van der Waals surface area contributed by atoms with Crippen LogP contribution in [-0.4, -0.2) is 31.4 Å². The third-order valence-electron chi connectivity index (χ3n) is 4.53. The van der Waals surface area contributed by atoms with Crippen molar-refractivity contribution < 1.29 is 18.7 Å². The SMILES string of the molecule is COCCOC(=O)C1=C(C)N(c2ccccc2)C(=S)NC1c1c(F)cccc1Cl. The van der Waals surface area contributed by atoms with Gasteiger partial charge >= 0.3 is 5.97 Å². The van der Waals surface area contributed by atoms with Crippen molar-refractivity contribution in [3.05, 3.63) is 76.2 Å². The predicted molar refractivity (Wildman–Crippen MR) is 114 cm³/mol. The van der Waals surface area contributed by atoms with Crippen molar-refractivity contribution in [3.63, 3.8) is 0 Å². The molecule has 2 aromatic carbocycles. The average Bonchev–Trinajstić information content (AvgIpc) is 2.68. The van der Waals surface area contributed by atoms with Gasteiger partial charge in [-0.25, -0.2) is 9.18 Å². The van der Waals surface area contributed by atoms with Crippen LogP contribution in [0.15, 0.2) is 59.8 Å². The predicted octanol–water partition coefficient (Wildman–Crippen LogP) is 4.38. The van der Waals surface area contributed by atoms with E-state index in [1.807, 2.05) is 30.3 Å². The van der Waals surface area contributed by atoms with Crippen molar-refractivity contribution in [3.8, 4) is 0 Å². The van der Waals surface area contributed by atoms with Gasteiger partial charge in [0.25, 0.3) is 0 Å². The number of ether oxygens (including phenoxy) is 2. The molecule has 29 heavy (non-hydrogen) atoms. The van der Waals surface area contributed by atoms with Crippen molar-refractivity contribution in [1.82, 2.24) is 5.32 Å². The Morgan fingerprint density at radius 1 is 1.21 bits per heavy atom. The van der Waals surface area contributed by atoms with E-state index in [-0.39, 0.29) is 29.4 Å². The average molecular weight is 435 g/mol. The fourth-order valence-electron chi connectivity index (χ4n) is 3.19. The minimum absolute atomic E-state index is 0.0691. The third-order valence-corrected chi connectivity index (χ3v) is 5.16. The highest BCUT2D eigenvalue weighted by atomic mass is 35.5. The Bertz CT molecular complexity index is 932. The standard InChI is InChI=1S/C21H20ClFN2O3S/c1-13-17(20(26)28-12-11-27-2)19(18-15(22)9-6-10-16(18)23)24-21(29)25(13)14-7-4-3-5-8-14/h3-10,19H,11-12H2,1-2H3,(H,24,29). The van der Waals surface area contributed by atoms with Gasteiger partial charge in [-0.05, 0) is 43.4 Å². The number of thiocarbonyl (C=S) groups is 1. The van der Waals surface area contributed by atoms with Crippen molar-refractivity contribution in [1.29, 1.82) is 0 Å². The number of nitrogens with zero attached hydrogens (tertiary/aromatic N) is 1. The second kappa shape index (κ2) is 9.35. The second-order valence-corrected chi connectivity index (χ2v) is 7.11. The first-order valence-corrected chi connectivity index (χ1v) is 9.70. The first kappa shape index (κ1) is 21.2. The largest absolute Gasteiger partial charge is 0.460 e. The molecule has 1 aliphatic heterocycles. The summed E-state index contributed by atoms with van der Waals surface area (Å²) in [4.78, 5) is 14.7. The van der Waals surface area contributed by atoms with E-state index < -0.39 is 17.8 Å². The van der Waals surface area contributed by atoms with E-state index in [1.54, 1.807) is 17.9 Å². The van der Waals surface area contributed by atoms with Crippen LogP contribution in [0.25, 0.3) is 0 Å². The van der Waals surface area contributed by atoms with Gasteiger partial charge in [-0.1, -0.05) is 35.9 Å². The van der Waals surface area contributed by atoms with Crippen LogP contribution < -0.4 is 10.2 Å². The lowest BCUT2D eigenvalue weighted by Gasteiger charge is -2.37. The molecule has 0 saturated carbocycles. The summed E-state index contributed by atoms with van der Waals surface area (Å²) >= 11 is 11.8. The Kier molecular flexibility index (Phi) is 6.84. The number of carbonyl (C=O) groups is 1. The lowest BCUT2D eigenvalue weighted by Crippen LogP contribution is -2.48. The molecular weight excluding hydrogens is 415 g/mol. The van der Waals surface area contributed by atoms with Crippen molar-refractivity contribution >= 4 is 40.6 Å². The zero-order valence-corrected chi connectivity index (χ0v) is 17.5. The van der Waals surface area contributed by atoms with Gasteiger partial charge < -0.3 is 14.8 Å². The van der Waals surface area contributed by atoms with E-state index in [1.165, 1.54) is 19.2 Å². The van der Waals surface area contributed by atoms with E-state index in [0.29, 0.717) is 10.8 Å². The number of hydrogen-bond donors (Lipinski definition) is 1. The molecule has 0 spiro atoms. The van der Waals surface area contributed by atoms with Gasteiger partial charge in [0.2, 0.25) is 0 Å². The number of carbonyl (C=O) groups excluding carboxylic acids is 1. The number of anilines is 1. The monoisotopic (exact) mass is 434 g/mol. The number of esters is 1. The van der Waals surface area contributed by atoms with Gasteiger partial charge in [0.15, 0.2) is 5.11 Å². The first-order chi connectivity index (χ1) is 14.0. The third kappa shape index (κ3) is 4.42. The van der Waals surface area contributed by atoms with E-state index >= 15 is 0 Å². The topological polar surface area (TPSA) is 50.8 Å². The van der Waals surface area contributed by atoms with Crippen LogP contribution in [-0.2, 0) is 14.3 Å². The molecule has 0 bridgehead atoms. The molecule has 0 radical (unpaired) electrons. The summed E-state index contributed by atoms with van der Waals surface area (Å²) in [7, 11) is 1.51. The maximum atomic E-state index is 14.7. The molecule has 3 rings (SSSR count). The number of benzene rings is 2. The molecule has 1 aliphatic rings. The molecule has 5 nitrogen and oxygen atoms in total. The molecule has 1 unspecified atom stereocenters. The van der Waals surface area contributed by atoms with Crippen LogP contribution in [0, 0.1) is 5.82 Å². The van der Waals surface area contributed by atoms with E-state index in [9.17, 15) is 9.18 Å². The highest BCUT2D eigenvalue weighted by Crippen LogP contribution is 2.37. The highest BCUT2D eigenvalue weighted by Gasteiger charge is 2.37. The molecule has 0 aromatic heterocycles. The quantitative estimate of drug-likeness (QED) is 0.413. The summed E-state index contributed by atoms with van der Waals surface area (Å²) in [6.45, 7) is 2.06. The summed E-state index contributed by atoms with van der Waals surface area (Å²) in [5, 5.41) is 3.57. The number of methoxy groups -OCH3 is 1. The fourth-order valence-corrected chi connectivity index (χ4v) is 3.83. The number of para-hydroxylation sites is 1. The van der Waals surface area contributed by atoms with E-state index in [0.717, 1.165) is 5.69 Å². The maximum absolute atomic E-state index is 14.7. The Morgan fingerprint density at radius 2 is 1.93 bits per heavy atom. The number of halogens is 2. The normalized spacial score (nSPS) is 16.6. The molecule has 0 saturated heterocycles. The Morgan fingerprint density at radius 3 is 2.59 bits per heavy atom. The summed E-state index contributed by atoms with van der Waals surface area (Å²) in [5.74, 6) is -1.14. The fraction of sp³-hybridized carbons (Fsp3) is 0.238. The van der Waals surface area contributed by atoms with Gasteiger partial charge in [-0.2, -0.15) is 0 Å². The summed E-state index contributed by atoms with van der Waals surface area (Å²) < 4.78 is 25.0. The van der Waals surface area contributed by atoms with Crippen LogP contribution in [0.5, 0.6) is 0 Å². The zero-order valence-electron chi connectivity index (χ0n) is 15.9. The molecule has 8 heteroatoms. The first-order valence-electron chi connectivity index (χ1n) is 8.92. The van der Waals surface area contributed by atoms with Gasteiger partial charge in [-0.15, -0.1) is 0 Å². The molecule has 152 valence electrons. The van der Waals surface area contributed by atoms with E-state index in [2.05, 4.69) is 5.32 Å². The van der Waals surface area contributed by atoms with Crippen LogP contribution >= 0.6 is 23.8 Å².